The Morgan fingerprint density at radius 2 is 1.86 bits per heavy atom. The fourth-order valence-corrected chi connectivity index (χ4v) is 4.40. The smallest absolute Gasteiger partial charge is 0.274 e. The first-order chi connectivity index (χ1) is 18.0. The summed E-state index contributed by atoms with van der Waals surface area (Å²) in [4.78, 5) is 32.5. The van der Waals surface area contributed by atoms with E-state index in [4.69, 9.17) is 14.2 Å². The van der Waals surface area contributed by atoms with Gasteiger partial charge in [0.25, 0.3) is 5.91 Å². The number of H-pyrrole nitrogens is 1. The first kappa shape index (κ1) is 24.5. The summed E-state index contributed by atoms with van der Waals surface area (Å²) in [7, 11) is 0. The first-order valence-electron chi connectivity index (χ1n) is 12.3. The maximum atomic E-state index is 13.4. The summed E-state index contributed by atoms with van der Waals surface area (Å²) in [6, 6.07) is 12.9. The van der Waals surface area contributed by atoms with Crippen molar-refractivity contribution in [2.75, 3.05) is 19.8 Å². The summed E-state index contributed by atoms with van der Waals surface area (Å²) in [5, 5.41) is 7.68. The second kappa shape index (κ2) is 10.8. The van der Waals surface area contributed by atoms with E-state index in [2.05, 4.69) is 15.2 Å². The third-order valence-corrected chi connectivity index (χ3v) is 6.28. The molecule has 0 saturated carbocycles. The Balaban J connectivity index is 1.31. The van der Waals surface area contributed by atoms with Crippen LogP contribution in [0.2, 0.25) is 0 Å². The second-order valence-corrected chi connectivity index (χ2v) is 9.04. The van der Waals surface area contributed by atoms with Gasteiger partial charge in [-0.3, -0.25) is 14.7 Å². The van der Waals surface area contributed by atoms with Crippen LogP contribution in [-0.2, 0) is 24.5 Å². The van der Waals surface area contributed by atoms with Crippen LogP contribution in [0.4, 0.5) is 0 Å². The van der Waals surface area contributed by atoms with Crippen LogP contribution in [0.25, 0.3) is 10.9 Å². The number of hydrogen-bond acceptors (Lipinski definition) is 7. The van der Waals surface area contributed by atoms with Gasteiger partial charge in [-0.2, -0.15) is 5.10 Å². The number of carbonyl (C=O) groups is 1. The van der Waals surface area contributed by atoms with Gasteiger partial charge >= 0.3 is 0 Å². The summed E-state index contributed by atoms with van der Waals surface area (Å²) in [6.45, 7) is 5.91. The van der Waals surface area contributed by atoms with Gasteiger partial charge in [0.1, 0.15) is 13.2 Å². The summed E-state index contributed by atoms with van der Waals surface area (Å²) in [5.74, 6) is 0.333. The SMILES string of the molecule is CC(C)N1CCn2c(COCCOc3nccc4[nH]ncc34)cc(=O)c(OCc3ccccc3)c2C1=O. The molecule has 0 spiro atoms. The highest BCUT2D eigenvalue weighted by molar-refractivity contribution is 5.96. The number of fused-ring (bicyclic) bond motifs is 2. The van der Waals surface area contributed by atoms with E-state index in [1.165, 1.54) is 6.07 Å². The van der Waals surface area contributed by atoms with Gasteiger partial charge in [0.05, 0.1) is 30.3 Å². The highest BCUT2D eigenvalue weighted by atomic mass is 16.5. The van der Waals surface area contributed by atoms with Crippen LogP contribution in [0.1, 0.15) is 35.6 Å². The molecule has 37 heavy (non-hydrogen) atoms. The van der Waals surface area contributed by atoms with Gasteiger partial charge in [-0.05, 0) is 25.5 Å². The Hall–Kier alpha value is -4.18. The largest absolute Gasteiger partial charge is 0.483 e. The molecule has 0 unspecified atom stereocenters. The van der Waals surface area contributed by atoms with Crippen molar-refractivity contribution < 1.29 is 19.0 Å². The zero-order chi connectivity index (χ0) is 25.8. The Morgan fingerprint density at radius 3 is 2.68 bits per heavy atom. The zero-order valence-electron chi connectivity index (χ0n) is 20.8. The van der Waals surface area contributed by atoms with Gasteiger partial charge in [0.15, 0.2) is 11.4 Å². The van der Waals surface area contributed by atoms with Crippen LogP contribution < -0.4 is 14.9 Å². The number of hydrogen-bond donors (Lipinski definition) is 1. The van der Waals surface area contributed by atoms with Gasteiger partial charge < -0.3 is 23.7 Å². The normalized spacial score (nSPS) is 13.3. The Morgan fingerprint density at radius 1 is 1.03 bits per heavy atom. The molecule has 10 heteroatoms. The van der Waals surface area contributed by atoms with Crippen molar-refractivity contribution >= 4 is 16.8 Å². The fraction of sp³-hybridized carbons (Fsp3) is 0.333. The van der Waals surface area contributed by atoms with Crippen molar-refractivity contribution in [2.24, 2.45) is 0 Å². The van der Waals surface area contributed by atoms with Crippen molar-refractivity contribution in [3.05, 3.63) is 82.0 Å². The molecule has 3 aromatic heterocycles. The van der Waals surface area contributed by atoms with E-state index in [-0.39, 0.29) is 55.2 Å². The van der Waals surface area contributed by atoms with Crippen LogP contribution in [0.5, 0.6) is 11.6 Å². The van der Waals surface area contributed by atoms with E-state index in [0.717, 1.165) is 16.5 Å². The summed E-state index contributed by atoms with van der Waals surface area (Å²) in [6.07, 6.45) is 3.31. The number of nitrogens with zero attached hydrogens (tertiary/aromatic N) is 4. The number of aromatic amines is 1. The van der Waals surface area contributed by atoms with Crippen LogP contribution in [-0.4, -0.2) is 56.4 Å². The maximum Gasteiger partial charge on any atom is 0.274 e. The fourth-order valence-electron chi connectivity index (χ4n) is 4.40. The highest BCUT2D eigenvalue weighted by Gasteiger charge is 2.32. The molecule has 1 N–H and O–H groups in total. The molecule has 0 atom stereocenters. The number of benzene rings is 1. The van der Waals surface area contributed by atoms with Crippen molar-refractivity contribution in [3.8, 4) is 11.6 Å². The summed E-state index contributed by atoms with van der Waals surface area (Å²) in [5.41, 5.74) is 2.31. The Bertz CT molecular complexity index is 1450. The van der Waals surface area contributed by atoms with Crippen LogP contribution >= 0.6 is 0 Å². The third-order valence-electron chi connectivity index (χ3n) is 6.28. The van der Waals surface area contributed by atoms with E-state index in [1.54, 1.807) is 17.3 Å². The number of amides is 1. The quantitative estimate of drug-likeness (QED) is 0.331. The molecule has 0 bridgehead atoms. The van der Waals surface area contributed by atoms with Gasteiger partial charge in [-0.15, -0.1) is 0 Å². The average Bonchev–Trinajstić information content (AvgIpc) is 3.38. The summed E-state index contributed by atoms with van der Waals surface area (Å²) < 4.78 is 19.4. The van der Waals surface area contributed by atoms with E-state index in [1.807, 2.05) is 54.8 Å². The number of ether oxygens (including phenoxy) is 3. The molecule has 10 nitrogen and oxygen atoms in total. The standard InChI is InChI=1S/C27H29N5O5/c1-18(2)31-10-11-32-20(17-35-12-13-36-26-21-15-29-30-22(21)8-9-28-26)14-23(33)25(24(32)27(31)34)37-16-19-6-4-3-5-7-19/h3-9,14-15,18H,10-13,16-17H2,1-2H3,(H,29,30). The Kier molecular flexibility index (Phi) is 7.18. The minimum Gasteiger partial charge on any atom is -0.483 e. The molecule has 5 rings (SSSR count). The monoisotopic (exact) mass is 503 g/mol. The van der Waals surface area contributed by atoms with E-state index >= 15 is 0 Å². The molecule has 4 heterocycles. The predicted octanol–water partition coefficient (Wildman–Crippen LogP) is 3.16. The number of pyridine rings is 2. The van der Waals surface area contributed by atoms with E-state index < -0.39 is 0 Å². The molecule has 192 valence electrons. The lowest BCUT2D eigenvalue weighted by molar-refractivity contribution is 0.0611. The van der Waals surface area contributed by atoms with E-state index in [9.17, 15) is 9.59 Å². The number of aromatic nitrogens is 4. The highest BCUT2D eigenvalue weighted by Crippen LogP contribution is 2.25. The molecule has 1 amide bonds. The number of nitrogens with one attached hydrogen (secondary N) is 1. The summed E-state index contributed by atoms with van der Waals surface area (Å²) >= 11 is 0. The van der Waals surface area contributed by atoms with Crippen LogP contribution in [0, 0.1) is 0 Å². The topological polar surface area (TPSA) is 112 Å². The molecule has 0 aliphatic carbocycles. The molecule has 4 aromatic rings. The molecule has 1 aliphatic rings. The second-order valence-electron chi connectivity index (χ2n) is 9.04. The molecule has 0 radical (unpaired) electrons. The lowest BCUT2D eigenvalue weighted by Gasteiger charge is -2.34. The van der Waals surface area contributed by atoms with Crippen molar-refractivity contribution in [2.45, 2.75) is 39.6 Å². The minimum atomic E-state index is -0.341. The lowest BCUT2D eigenvalue weighted by atomic mass is 10.1. The van der Waals surface area contributed by atoms with Crippen LogP contribution in [0.15, 0.2) is 59.7 Å². The molecular formula is C27H29N5O5. The lowest BCUT2D eigenvalue weighted by Crippen LogP contribution is -2.46. The molecule has 1 aromatic carbocycles. The number of rotatable bonds is 10. The first-order valence-corrected chi connectivity index (χ1v) is 12.3. The van der Waals surface area contributed by atoms with Crippen molar-refractivity contribution in [3.63, 3.8) is 0 Å². The molecular weight excluding hydrogens is 474 g/mol. The average molecular weight is 504 g/mol. The minimum absolute atomic E-state index is 0.00340. The Labute approximate surface area is 213 Å². The van der Waals surface area contributed by atoms with E-state index in [0.29, 0.717) is 24.7 Å². The van der Waals surface area contributed by atoms with Gasteiger partial charge in [0.2, 0.25) is 11.3 Å². The molecule has 1 aliphatic heterocycles. The molecule has 0 saturated heterocycles. The third kappa shape index (κ3) is 5.19. The van der Waals surface area contributed by atoms with Crippen molar-refractivity contribution in [1.29, 1.82) is 0 Å². The number of carbonyl (C=O) groups excluding carboxylic acids is 1. The van der Waals surface area contributed by atoms with Gasteiger partial charge in [-0.25, -0.2) is 4.98 Å². The van der Waals surface area contributed by atoms with Crippen LogP contribution in [0.3, 0.4) is 0 Å². The van der Waals surface area contributed by atoms with Crippen molar-refractivity contribution in [1.82, 2.24) is 24.6 Å². The molecule has 0 fully saturated rings. The van der Waals surface area contributed by atoms with Gasteiger partial charge in [-0.1, -0.05) is 30.3 Å². The maximum absolute atomic E-state index is 13.4. The van der Waals surface area contributed by atoms with Gasteiger partial charge in [0, 0.05) is 37.1 Å². The predicted molar refractivity (Wildman–Crippen MR) is 137 cm³/mol. The zero-order valence-corrected chi connectivity index (χ0v) is 20.8.